The summed E-state index contributed by atoms with van der Waals surface area (Å²) in [6.07, 6.45) is 0.857. The second-order valence-corrected chi connectivity index (χ2v) is 6.20. The molecular weight excluding hydrogens is 253 g/mol. The molecular formula is C14H21Cl2N. The first kappa shape index (κ1) is 14.8. The third-order valence-electron chi connectivity index (χ3n) is 2.97. The molecule has 1 aromatic rings. The molecule has 1 rings (SSSR count). The van der Waals surface area contributed by atoms with E-state index in [2.05, 4.69) is 33.0 Å². The Morgan fingerprint density at radius 2 is 1.71 bits per heavy atom. The number of nitrogens with one attached hydrogen (secondary N) is 1. The molecule has 0 fully saturated rings. The smallest absolute Gasteiger partial charge is 0.0453 e. The van der Waals surface area contributed by atoms with Crippen molar-refractivity contribution in [1.29, 1.82) is 0 Å². The Hall–Kier alpha value is -0.240. The van der Waals surface area contributed by atoms with E-state index >= 15 is 0 Å². The first-order valence-electron chi connectivity index (χ1n) is 6.02. The van der Waals surface area contributed by atoms with E-state index in [0.717, 1.165) is 28.6 Å². The maximum atomic E-state index is 6.21. The fourth-order valence-corrected chi connectivity index (χ4v) is 2.41. The topological polar surface area (TPSA) is 12.0 Å². The van der Waals surface area contributed by atoms with Crippen molar-refractivity contribution in [2.45, 2.75) is 40.2 Å². The monoisotopic (exact) mass is 273 g/mol. The van der Waals surface area contributed by atoms with Gasteiger partial charge in [0, 0.05) is 16.1 Å². The van der Waals surface area contributed by atoms with Gasteiger partial charge in [0.05, 0.1) is 0 Å². The lowest BCUT2D eigenvalue weighted by atomic mass is 9.83. The number of halogens is 2. The van der Waals surface area contributed by atoms with Crippen molar-refractivity contribution in [3.05, 3.63) is 33.8 Å². The van der Waals surface area contributed by atoms with E-state index in [9.17, 15) is 0 Å². The molecule has 0 amide bonds. The maximum Gasteiger partial charge on any atom is 0.0453 e. The number of hydrogen-bond acceptors (Lipinski definition) is 1. The Morgan fingerprint density at radius 1 is 1.18 bits per heavy atom. The molecule has 1 unspecified atom stereocenters. The predicted octanol–water partition coefficient (Wildman–Crippen LogP) is 4.56. The summed E-state index contributed by atoms with van der Waals surface area (Å²) in [6, 6.07) is 6.04. The Morgan fingerprint density at radius 3 is 2.12 bits per heavy atom. The average molecular weight is 274 g/mol. The molecule has 0 aromatic heterocycles. The highest BCUT2D eigenvalue weighted by molar-refractivity contribution is 6.36. The molecule has 0 radical (unpaired) electrons. The van der Waals surface area contributed by atoms with Crippen LogP contribution in [0, 0.1) is 5.41 Å². The van der Waals surface area contributed by atoms with Crippen LogP contribution in [0.1, 0.15) is 33.3 Å². The summed E-state index contributed by atoms with van der Waals surface area (Å²) in [4.78, 5) is 0. The van der Waals surface area contributed by atoms with Crippen LogP contribution in [0.25, 0.3) is 0 Å². The highest BCUT2D eigenvalue weighted by atomic mass is 35.5. The van der Waals surface area contributed by atoms with Crippen molar-refractivity contribution in [3.8, 4) is 0 Å². The predicted molar refractivity (Wildman–Crippen MR) is 77.1 cm³/mol. The molecule has 0 spiro atoms. The minimum absolute atomic E-state index is 0.179. The van der Waals surface area contributed by atoms with Crippen LogP contribution in [0.3, 0.4) is 0 Å². The lowest BCUT2D eigenvalue weighted by Gasteiger charge is -2.32. The van der Waals surface area contributed by atoms with Crippen LogP contribution in [0.2, 0.25) is 10.0 Å². The molecule has 96 valence electrons. The van der Waals surface area contributed by atoms with Gasteiger partial charge >= 0.3 is 0 Å². The quantitative estimate of drug-likeness (QED) is 0.848. The summed E-state index contributed by atoms with van der Waals surface area (Å²) in [6.45, 7) is 9.75. The molecule has 17 heavy (non-hydrogen) atoms. The number of hydrogen-bond donors (Lipinski definition) is 1. The van der Waals surface area contributed by atoms with Crippen molar-refractivity contribution in [2.24, 2.45) is 5.41 Å². The molecule has 0 aliphatic rings. The summed E-state index contributed by atoms with van der Waals surface area (Å²) in [7, 11) is 0. The van der Waals surface area contributed by atoms with Gasteiger partial charge in [-0.2, -0.15) is 0 Å². The zero-order valence-electron chi connectivity index (χ0n) is 11.0. The highest BCUT2D eigenvalue weighted by Crippen LogP contribution is 2.30. The molecule has 1 nitrogen and oxygen atoms in total. The second-order valence-electron chi connectivity index (χ2n) is 5.38. The molecule has 1 aromatic carbocycles. The van der Waals surface area contributed by atoms with Gasteiger partial charge < -0.3 is 5.32 Å². The van der Waals surface area contributed by atoms with Crippen LogP contribution in [0.4, 0.5) is 0 Å². The molecule has 0 aliphatic heterocycles. The van der Waals surface area contributed by atoms with Crippen LogP contribution < -0.4 is 5.32 Å². The first-order valence-corrected chi connectivity index (χ1v) is 6.78. The molecule has 1 N–H and O–H groups in total. The minimum atomic E-state index is 0.179. The highest BCUT2D eigenvalue weighted by Gasteiger charge is 2.25. The minimum Gasteiger partial charge on any atom is -0.313 e. The molecule has 0 bridgehead atoms. The van der Waals surface area contributed by atoms with Gasteiger partial charge in [0.1, 0.15) is 0 Å². The second kappa shape index (κ2) is 6.08. The van der Waals surface area contributed by atoms with E-state index in [4.69, 9.17) is 23.2 Å². The Balaban J connectivity index is 2.94. The molecule has 1 atom stereocenters. The van der Waals surface area contributed by atoms with E-state index in [0.29, 0.717) is 6.04 Å². The lowest BCUT2D eigenvalue weighted by Crippen LogP contribution is -2.42. The Kier molecular flexibility index (Phi) is 5.30. The fourth-order valence-electron chi connectivity index (χ4n) is 1.86. The van der Waals surface area contributed by atoms with Gasteiger partial charge in [-0.25, -0.2) is 0 Å². The van der Waals surface area contributed by atoms with Gasteiger partial charge in [-0.05, 0) is 36.1 Å². The lowest BCUT2D eigenvalue weighted by molar-refractivity contribution is 0.270. The standard InChI is InChI=1S/C14H21Cl2N/c1-5-17-13(14(2,3)4)9-10-11(15)7-6-8-12(10)16/h6-8,13,17H,5,9H2,1-4H3. The van der Waals surface area contributed by atoms with Crippen molar-refractivity contribution in [2.75, 3.05) is 6.54 Å². The van der Waals surface area contributed by atoms with Crippen molar-refractivity contribution in [1.82, 2.24) is 5.32 Å². The van der Waals surface area contributed by atoms with E-state index in [1.165, 1.54) is 0 Å². The number of likely N-dealkylation sites (N-methyl/N-ethyl adjacent to an activating group) is 1. The van der Waals surface area contributed by atoms with Gasteiger partial charge in [-0.3, -0.25) is 0 Å². The van der Waals surface area contributed by atoms with Crippen LogP contribution in [0.15, 0.2) is 18.2 Å². The number of benzene rings is 1. The van der Waals surface area contributed by atoms with E-state index in [1.54, 1.807) is 0 Å². The summed E-state index contributed by atoms with van der Waals surface area (Å²) in [5, 5.41) is 5.02. The van der Waals surface area contributed by atoms with Gasteiger partial charge in [0.25, 0.3) is 0 Å². The molecule has 3 heteroatoms. The van der Waals surface area contributed by atoms with Gasteiger partial charge in [0.2, 0.25) is 0 Å². The summed E-state index contributed by atoms with van der Waals surface area (Å²) in [5.74, 6) is 0. The van der Waals surface area contributed by atoms with Crippen LogP contribution in [-0.2, 0) is 6.42 Å². The first-order chi connectivity index (χ1) is 7.86. The molecule has 0 saturated carbocycles. The van der Waals surface area contributed by atoms with E-state index in [1.807, 2.05) is 18.2 Å². The Bertz CT molecular complexity index is 349. The maximum absolute atomic E-state index is 6.21. The van der Waals surface area contributed by atoms with E-state index < -0.39 is 0 Å². The van der Waals surface area contributed by atoms with Crippen molar-refractivity contribution in [3.63, 3.8) is 0 Å². The van der Waals surface area contributed by atoms with Crippen LogP contribution in [0.5, 0.6) is 0 Å². The SMILES string of the molecule is CCNC(Cc1c(Cl)cccc1Cl)C(C)(C)C. The molecule has 0 aliphatic carbocycles. The van der Waals surface area contributed by atoms with Crippen molar-refractivity contribution >= 4 is 23.2 Å². The van der Waals surface area contributed by atoms with Gasteiger partial charge in [0.15, 0.2) is 0 Å². The normalized spacial score (nSPS) is 13.8. The largest absolute Gasteiger partial charge is 0.313 e. The van der Waals surface area contributed by atoms with Gasteiger partial charge in [-0.1, -0.05) is 57.0 Å². The summed E-state index contributed by atoms with van der Waals surface area (Å²) >= 11 is 12.4. The molecule has 0 saturated heterocycles. The summed E-state index contributed by atoms with van der Waals surface area (Å²) in [5.41, 5.74) is 1.22. The third-order valence-corrected chi connectivity index (χ3v) is 3.67. The number of rotatable bonds is 4. The van der Waals surface area contributed by atoms with Crippen LogP contribution >= 0.6 is 23.2 Å². The molecule has 0 heterocycles. The zero-order chi connectivity index (χ0) is 13.1. The Labute approximate surface area is 115 Å². The van der Waals surface area contributed by atoms with Crippen molar-refractivity contribution < 1.29 is 0 Å². The zero-order valence-corrected chi connectivity index (χ0v) is 12.5. The van der Waals surface area contributed by atoms with Gasteiger partial charge in [-0.15, -0.1) is 0 Å². The summed E-state index contributed by atoms with van der Waals surface area (Å²) < 4.78 is 0. The van der Waals surface area contributed by atoms with E-state index in [-0.39, 0.29) is 5.41 Å². The fraction of sp³-hybridized carbons (Fsp3) is 0.571. The third kappa shape index (κ3) is 4.17. The average Bonchev–Trinajstić information content (AvgIpc) is 2.20. The van der Waals surface area contributed by atoms with Crippen LogP contribution in [-0.4, -0.2) is 12.6 Å².